The van der Waals surface area contributed by atoms with Gasteiger partial charge in [0.15, 0.2) is 17.1 Å². The molecule has 0 saturated heterocycles. The molecule has 32 heavy (non-hydrogen) atoms. The average molecular weight is 432 g/mol. The van der Waals surface area contributed by atoms with Gasteiger partial charge in [-0.05, 0) is 42.5 Å². The van der Waals surface area contributed by atoms with Crippen LogP contribution in [0.3, 0.4) is 0 Å². The Labute approximate surface area is 180 Å². The van der Waals surface area contributed by atoms with E-state index >= 15 is 0 Å². The maximum absolute atomic E-state index is 13.2. The van der Waals surface area contributed by atoms with Crippen LogP contribution in [0.2, 0.25) is 0 Å². The van der Waals surface area contributed by atoms with E-state index in [9.17, 15) is 9.18 Å². The second kappa shape index (κ2) is 8.42. The van der Waals surface area contributed by atoms with Crippen LogP contribution in [0.5, 0.6) is 5.88 Å². The number of rotatable bonds is 7. The highest BCUT2D eigenvalue weighted by atomic mass is 19.1. The third-order valence-corrected chi connectivity index (χ3v) is 4.80. The van der Waals surface area contributed by atoms with Gasteiger partial charge in [-0.2, -0.15) is 4.52 Å². The Morgan fingerprint density at radius 3 is 2.78 bits per heavy atom. The van der Waals surface area contributed by atoms with Gasteiger partial charge in [0.25, 0.3) is 0 Å². The third-order valence-electron chi connectivity index (χ3n) is 4.80. The number of amides is 1. The summed E-state index contributed by atoms with van der Waals surface area (Å²) in [4.78, 5) is 12.2. The van der Waals surface area contributed by atoms with E-state index in [1.807, 2.05) is 18.2 Å². The summed E-state index contributed by atoms with van der Waals surface area (Å²) in [5.74, 6) is 0.294. The van der Waals surface area contributed by atoms with Crippen molar-refractivity contribution in [1.82, 2.24) is 30.3 Å². The number of ether oxygens (including phenoxy) is 1. The molecule has 0 aliphatic rings. The summed E-state index contributed by atoms with van der Waals surface area (Å²) in [5.41, 5.74) is 2.45. The molecule has 9 nitrogen and oxygen atoms in total. The number of aromatic nitrogens is 5. The molecule has 0 aliphatic heterocycles. The van der Waals surface area contributed by atoms with Crippen LogP contribution in [-0.4, -0.2) is 44.0 Å². The normalized spacial score (nSPS) is 11.2. The van der Waals surface area contributed by atoms with Crippen LogP contribution in [0.25, 0.3) is 28.0 Å². The predicted molar refractivity (Wildman–Crippen MR) is 112 cm³/mol. The Bertz CT molecular complexity index is 1400. The first-order chi connectivity index (χ1) is 15.7. The minimum Gasteiger partial charge on any atom is -0.475 e. The molecule has 3 heterocycles. The Balaban J connectivity index is 1.19. The Hall–Kier alpha value is -4.34. The molecular formula is C22H17FN6O3. The Morgan fingerprint density at radius 2 is 1.91 bits per heavy atom. The average Bonchev–Trinajstić information content (AvgIpc) is 3.41. The number of hydrogen-bond acceptors (Lipinski definition) is 7. The molecule has 5 rings (SSSR count). The minimum absolute atomic E-state index is 0.114. The molecule has 0 fully saturated rings. The summed E-state index contributed by atoms with van der Waals surface area (Å²) in [5, 5.41) is 20.1. The molecule has 5 aromatic rings. The van der Waals surface area contributed by atoms with Crippen LogP contribution in [-0.2, 0) is 11.2 Å². The van der Waals surface area contributed by atoms with Crippen LogP contribution in [0.4, 0.5) is 4.39 Å². The van der Waals surface area contributed by atoms with Crippen molar-refractivity contribution in [2.24, 2.45) is 0 Å². The van der Waals surface area contributed by atoms with Gasteiger partial charge in [0.1, 0.15) is 18.1 Å². The van der Waals surface area contributed by atoms with E-state index in [1.54, 1.807) is 30.3 Å². The number of carbonyl (C=O) groups excluding carboxylic acids is 1. The van der Waals surface area contributed by atoms with Crippen LogP contribution >= 0.6 is 0 Å². The SMILES string of the molecule is O=C(Cc1noc2ccccc12)NCCOc1ccc2nnc(-c3ccc(F)cc3)n2n1. The smallest absolute Gasteiger partial charge is 0.231 e. The summed E-state index contributed by atoms with van der Waals surface area (Å²) < 4.78 is 25.6. The predicted octanol–water partition coefficient (Wildman–Crippen LogP) is 2.81. The van der Waals surface area contributed by atoms with Gasteiger partial charge in [-0.3, -0.25) is 4.79 Å². The molecule has 0 atom stereocenters. The van der Waals surface area contributed by atoms with Gasteiger partial charge >= 0.3 is 0 Å². The number of benzene rings is 2. The highest BCUT2D eigenvalue weighted by Gasteiger charge is 2.13. The molecule has 0 unspecified atom stereocenters. The number of nitrogens with zero attached hydrogens (tertiary/aromatic N) is 5. The van der Waals surface area contributed by atoms with Crippen LogP contribution in [0.1, 0.15) is 5.69 Å². The summed E-state index contributed by atoms with van der Waals surface area (Å²) in [6.07, 6.45) is 0.114. The number of fused-ring (bicyclic) bond motifs is 2. The maximum Gasteiger partial charge on any atom is 0.231 e. The highest BCUT2D eigenvalue weighted by Crippen LogP contribution is 2.20. The molecule has 0 radical (unpaired) electrons. The van der Waals surface area contributed by atoms with E-state index in [4.69, 9.17) is 9.26 Å². The zero-order valence-electron chi connectivity index (χ0n) is 16.7. The first-order valence-electron chi connectivity index (χ1n) is 9.88. The zero-order chi connectivity index (χ0) is 21.9. The number of carbonyl (C=O) groups is 1. The molecule has 10 heteroatoms. The van der Waals surface area contributed by atoms with Crippen molar-refractivity contribution in [3.05, 3.63) is 72.2 Å². The fraction of sp³-hybridized carbons (Fsp3) is 0.136. The molecular weight excluding hydrogens is 415 g/mol. The van der Waals surface area contributed by atoms with Crippen molar-refractivity contribution in [3.63, 3.8) is 0 Å². The highest BCUT2D eigenvalue weighted by molar-refractivity contribution is 5.86. The molecule has 1 N–H and O–H groups in total. The molecule has 0 aliphatic carbocycles. The van der Waals surface area contributed by atoms with Crippen molar-refractivity contribution in [3.8, 4) is 17.3 Å². The minimum atomic E-state index is -0.335. The maximum atomic E-state index is 13.2. The largest absolute Gasteiger partial charge is 0.475 e. The zero-order valence-corrected chi connectivity index (χ0v) is 16.7. The van der Waals surface area contributed by atoms with E-state index in [0.29, 0.717) is 40.7 Å². The van der Waals surface area contributed by atoms with Crippen LogP contribution in [0, 0.1) is 5.82 Å². The van der Waals surface area contributed by atoms with Gasteiger partial charge in [0.05, 0.1) is 13.0 Å². The van der Waals surface area contributed by atoms with Gasteiger partial charge in [-0.25, -0.2) is 4.39 Å². The van der Waals surface area contributed by atoms with Crippen LogP contribution in [0.15, 0.2) is 65.2 Å². The van der Waals surface area contributed by atoms with Crippen molar-refractivity contribution in [2.45, 2.75) is 6.42 Å². The van der Waals surface area contributed by atoms with Crippen molar-refractivity contribution in [1.29, 1.82) is 0 Å². The molecule has 0 spiro atoms. The van der Waals surface area contributed by atoms with Crippen molar-refractivity contribution >= 4 is 22.5 Å². The van der Waals surface area contributed by atoms with E-state index in [-0.39, 0.29) is 24.8 Å². The third kappa shape index (κ3) is 3.97. The molecule has 160 valence electrons. The van der Waals surface area contributed by atoms with Crippen LogP contribution < -0.4 is 10.1 Å². The lowest BCUT2D eigenvalue weighted by atomic mass is 10.2. The molecule has 0 bridgehead atoms. The lowest BCUT2D eigenvalue weighted by Gasteiger charge is -2.07. The fourth-order valence-corrected chi connectivity index (χ4v) is 3.25. The first-order valence-corrected chi connectivity index (χ1v) is 9.88. The fourth-order valence-electron chi connectivity index (χ4n) is 3.25. The van der Waals surface area contributed by atoms with E-state index in [2.05, 4.69) is 25.8 Å². The number of hydrogen-bond donors (Lipinski definition) is 1. The number of para-hydroxylation sites is 1. The van der Waals surface area contributed by atoms with E-state index < -0.39 is 0 Å². The quantitative estimate of drug-likeness (QED) is 0.394. The first kappa shape index (κ1) is 19.6. The van der Waals surface area contributed by atoms with Gasteiger partial charge in [-0.1, -0.05) is 17.3 Å². The molecule has 2 aromatic carbocycles. The Kier molecular flexibility index (Phi) is 5.16. The second-order valence-corrected chi connectivity index (χ2v) is 6.97. The van der Waals surface area contributed by atoms with E-state index in [1.165, 1.54) is 16.6 Å². The molecule has 1 amide bonds. The number of halogens is 1. The summed E-state index contributed by atoms with van der Waals surface area (Å²) in [7, 11) is 0. The van der Waals surface area contributed by atoms with Gasteiger partial charge < -0.3 is 14.6 Å². The molecule has 3 aromatic heterocycles. The summed E-state index contributed by atoms with van der Waals surface area (Å²) >= 11 is 0. The monoisotopic (exact) mass is 432 g/mol. The standard InChI is InChI=1S/C22H17FN6O3/c23-15-7-5-14(6-8-15)22-26-25-19-9-10-21(27-29(19)22)31-12-11-24-20(30)13-17-16-3-1-2-4-18(16)32-28-17/h1-10H,11-13H2,(H,24,30). The summed E-state index contributed by atoms with van der Waals surface area (Å²) in [6.45, 7) is 0.513. The topological polar surface area (TPSA) is 107 Å². The lowest BCUT2D eigenvalue weighted by Crippen LogP contribution is -2.29. The van der Waals surface area contributed by atoms with Gasteiger partial charge in [-0.15, -0.1) is 15.3 Å². The summed E-state index contributed by atoms with van der Waals surface area (Å²) in [6, 6.07) is 16.7. The lowest BCUT2D eigenvalue weighted by molar-refractivity contribution is -0.120. The molecule has 0 saturated carbocycles. The van der Waals surface area contributed by atoms with Crippen molar-refractivity contribution < 1.29 is 18.4 Å². The Morgan fingerprint density at radius 1 is 1.06 bits per heavy atom. The number of nitrogens with one attached hydrogen (secondary N) is 1. The van der Waals surface area contributed by atoms with Crippen molar-refractivity contribution in [2.75, 3.05) is 13.2 Å². The van der Waals surface area contributed by atoms with Gasteiger partial charge in [0.2, 0.25) is 11.8 Å². The second-order valence-electron chi connectivity index (χ2n) is 6.97. The van der Waals surface area contributed by atoms with Gasteiger partial charge in [0, 0.05) is 17.0 Å². The van der Waals surface area contributed by atoms with E-state index in [0.717, 1.165) is 5.39 Å².